The van der Waals surface area contributed by atoms with Gasteiger partial charge < -0.3 is 9.80 Å². The Morgan fingerprint density at radius 1 is 1.24 bits per heavy atom. The first-order valence-corrected chi connectivity index (χ1v) is 8.94. The van der Waals surface area contributed by atoms with Crippen molar-refractivity contribution in [2.45, 2.75) is 38.6 Å². The van der Waals surface area contributed by atoms with E-state index in [9.17, 15) is 9.59 Å². The highest BCUT2D eigenvalue weighted by Crippen LogP contribution is 2.25. The number of piperazine rings is 1. The van der Waals surface area contributed by atoms with Crippen LogP contribution in [0, 0.1) is 6.92 Å². The summed E-state index contributed by atoms with van der Waals surface area (Å²) >= 11 is 0. The molecular weight excluding hydrogens is 316 g/mol. The lowest BCUT2D eigenvalue weighted by atomic mass is 10.1. The van der Waals surface area contributed by atoms with Gasteiger partial charge in [0.05, 0.1) is 11.3 Å². The van der Waals surface area contributed by atoms with Crippen molar-refractivity contribution in [1.29, 1.82) is 0 Å². The molecule has 2 amide bonds. The van der Waals surface area contributed by atoms with Crippen molar-refractivity contribution in [2.24, 2.45) is 0 Å². The number of carbonyl (C=O) groups excluding carboxylic acids is 2. The zero-order chi connectivity index (χ0) is 17.4. The van der Waals surface area contributed by atoms with Gasteiger partial charge in [-0.05, 0) is 38.0 Å². The Labute approximate surface area is 146 Å². The molecule has 2 aromatic rings. The maximum Gasteiger partial charge on any atom is 0.256 e. The number of fused-ring (bicyclic) bond motifs is 1. The van der Waals surface area contributed by atoms with E-state index in [0.29, 0.717) is 36.0 Å². The van der Waals surface area contributed by atoms with E-state index in [1.54, 1.807) is 11.1 Å². The molecule has 0 unspecified atom stereocenters. The number of hydrogen-bond donors (Lipinski definition) is 0. The van der Waals surface area contributed by atoms with Crippen molar-refractivity contribution in [3.8, 4) is 0 Å². The molecule has 2 fully saturated rings. The topological polar surface area (TPSA) is 66.4 Å². The molecule has 1 saturated carbocycles. The highest BCUT2D eigenvalue weighted by atomic mass is 16.2. The summed E-state index contributed by atoms with van der Waals surface area (Å²) in [4.78, 5) is 37.8. The zero-order valence-electron chi connectivity index (χ0n) is 14.4. The largest absolute Gasteiger partial charge is 0.336 e. The standard InChI is InChI=1S/C19H22N4O2/c1-13-16(11-14-5-4-8-20-18(14)21-13)19(25)22-9-10-23(17(24)12-22)15-6-2-3-7-15/h4-5,8,11,15H,2-3,6-7,9-10,12H2,1H3. The van der Waals surface area contributed by atoms with Gasteiger partial charge in [-0.15, -0.1) is 0 Å². The van der Waals surface area contributed by atoms with Crippen molar-refractivity contribution < 1.29 is 9.59 Å². The van der Waals surface area contributed by atoms with Gasteiger partial charge in [-0.3, -0.25) is 9.59 Å². The van der Waals surface area contributed by atoms with Crippen LogP contribution in [0.25, 0.3) is 11.0 Å². The Balaban J connectivity index is 1.53. The minimum absolute atomic E-state index is 0.0690. The van der Waals surface area contributed by atoms with Crippen LogP contribution in [-0.2, 0) is 4.79 Å². The second-order valence-electron chi connectivity index (χ2n) is 6.92. The fraction of sp³-hybridized carbons (Fsp3) is 0.474. The smallest absolute Gasteiger partial charge is 0.256 e. The fourth-order valence-electron chi connectivity index (χ4n) is 3.94. The van der Waals surface area contributed by atoms with E-state index in [4.69, 9.17) is 0 Å². The lowest BCUT2D eigenvalue weighted by Crippen LogP contribution is -2.55. The molecule has 1 aliphatic heterocycles. The van der Waals surface area contributed by atoms with Crippen LogP contribution in [0.5, 0.6) is 0 Å². The van der Waals surface area contributed by atoms with E-state index in [0.717, 1.165) is 18.2 Å². The first-order valence-electron chi connectivity index (χ1n) is 8.94. The normalized spacial score (nSPS) is 19.0. The van der Waals surface area contributed by atoms with Crippen LogP contribution < -0.4 is 0 Å². The molecule has 0 spiro atoms. The van der Waals surface area contributed by atoms with Gasteiger partial charge in [-0.25, -0.2) is 9.97 Å². The molecule has 0 aromatic carbocycles. The predicted octanol–water partition coefficient (Wildman–Crippen LogP) is 2.17. The summed E-state index contributed by atoms with van der Waals surface area (Å²) in [6.07, 6.45) is 6.29. The summed E-state index contributed by atoms with van der Waals surface area (Å²) in [6, 6.07) is 5.94. The minimum atomic E-state index is -0.116. The van der Waals surface area contributed by atoms with Gasteiger partial charge >= 0.3 is 0 Å². The molecule has 4 rings (SSSR count). The van der Waals surface area contributed by atoms with Gasteiger partial charge in [0.2, 0.25) is 5.91 Å². The highest BCUT2D eigenvalue weighted by molar-refractivity contribution is 6.00. The summed E-state index contributed by atoms with van der Waals surface area (Å²) in [6.45, 7) is 3.21. The summed E-state index contributed by atoms with van der Waals surface area (Å²) < 4.78 is 0. The number of amides is 2. The van der Waals surface area contributed by atoms with Crippen molar-refractivity contribution >= 4 is 22.8 Å². The number of nitrogens with zero attached hydrogens (tertiary/aromatic N) is 4. The molecule has 6 heteroatoms. The van der Waals surface area contributed by atoms with Gasteiger partial charge in [0, 0.05) is 30.7 Å². The van der Waals surface area contributed by atoms with E-state index in [-0.39, 0.29) is 18.4 Å². The highest BCUT2D eigenvalue weighted by Gasteiger charge is 2.33. The predicted molar refractivity (Wildman–Crippen MR) is 94.1 cm³/mol. The summed E-state index contributed by atoms with van der Waals surface area (Å²) in [5.41, 5.74) is 1.85. The second kappa shape index (κ2) is 6.43. The molecule has 0 atom stereocenters. The third-order valence-electron chi connectivity index (χ3n) is 5.32. The van der Waals surface area contributed by atoms with Crippen LogP contribution in [0.3, 0.4) is 0 Å². The van der Waals surface area contributed by atoms with Gasteiger partial charge in [-0.1, -0.05) is 12.8 Å². The van der Waals surface area contributed by atoms with Crippen LogP contribution in [0.1, 0.15) is 41.7 Å². The first-order chi connectivity index (χ1) is 12.1. The van der Waals surface area contributed by atoms with Crippen LogP contribution in [0.15, 0.2) is 24.4 Å². The molecule has 0 bridgehead atoms. The SMILES string of the molecule is Cc1nc2ncccc2cc1C(=O)N1CCN(C2CCCC2)C(=O)C1. The third kappa shape index (κ3) is 2.97. The van der Waals surface area contributed by atoms with Gasteiger partial charge in [-0.2, -0.15) is 0 Å². The zero-order valence-corrected chi connectivity index (χ0v) is 14.4. The summed E-state index contributed by atoms with van der Waals surface area (Å²) in [5, 5.41) is 0.840. The molecule has 25 heavy (non-hydrogen) atoms. The Morgan fingerprint density at radius 3 is 2.80 bits per heavy atom. The maximum atomic E-state index is 12.9. The van der Waals surface area contributed by atoms with Gasteiger partial charge in [0.1, 0.15) is 6.54 Å². The van der Waals surface area contributed by atoms with Crippen molar-refractivity contribution in [3.05, 3.63) is 35.7 Å². The lowest BCUT2D eigenvalue weighted by Gasteiger charge is -2.38. The maximum absolute atomic E-state index is 12.9. The van der Waals surface area contributed by atoms with Crippen LogP contribution in [-0.4, -0.2) is 57.3 Å². The van der Waals surface area contributed by atoms with Crippen molar-refractivity contribution in [1.82, 2.24) is 19.8 Å². The average Bonchev–Trinajstić information content (AvgIpc) is 3.14. The van der Waals surface area contributed by atoms with Crippen molar-refractivity contribution in [2.75, 3.05) is 19.6 Å². The number of aryl methyl sites for hydroxylation is 1. The Bertz CT molecular complexity index is 829. The van der Waals surface area contributed by atoms with E-state index < -0.39 is 0 Å². The lowest BCUT2D eigenvalue weighted by molar-refractivity contribution is -0.137. The Morgan fingerprint density at radius 2 is 2.04 bits per heavy atom. The molecule has 2 aliphatic rings. The van der Waals surface area contributed by atoms with E-state index in [2.05, 4.69) is 9.97 Å². The van der Waals surface area contributed by atoms with E-state index in [1.807, 2.05) is 30.0 Å². The van der Waals surface area contributed by atoms with Crippen LogP contribution in [0.4, 0.5) is 0 Å². The average molecular weight is 338 g/mol. The summed E-state index contributed by atoms with van der Waals surface area (Å²) in [5.74, 6) is -0.0465. The van der Waals surface area contributed by atoms with E-state index >= 15 is 0 Å². The van der Waals surface area contributed by atoms with E-state index in [1.165, 1.54) is 12.8 Å². The fourth-order valence-corrected chi connectivity index (χ4v) is 3.94. The van der Waals surface area contributed by atoms with Crippen LogP contribution >= 0.6 is 0 Å². The molecule has 1 aliphatic carbocycles. The third-order valence-corrected chi connectivity index (χ3v) is 5.32. The summed E-state index contributed by atoms with van der Waals surface area (Å²) in [7, 11) is 0. The molecule has 0 N–H and O–H groups in total. The van der Waals surface area contributed by atoms with Crippen molar-refractivity contribution in [3.63, 3.8) is 0 Å². The second-order valence-corrected chi connectivity index (χ2v) is 6.92. The Kier molecular flexibility index (Phi) is 4.11. The van der Waals surface area contributed by atoms with Gasteiger partial charge in [0.15, 0.2) is 5.65 Å². The quantitative estimate of drug-likeness (QED) is 0.842. The number of pyridine rings is 2. The molecular formula is C19H22N4O2. The number of rotatable bonds is 2. The van der Waals surface area contributed by atoms with Crippen LogP contribution in [0.2, 0.25) is 0 Å². The molecule has 2 aromatic heterocycles. The molecule has 3 heterocycles. The molecule has 6 nitrogen and oxygen atoms in total. The first kappa shape index (κ1) is 16.0. The number of hydrogen-bond acceptors (Lipinski definition) is 4. The minimum Gasteiger partial charge on any atom is -0.336 e. The van der Waals surface area contributed by atoms with Gasteiger partial charge in [0.25, 0.3) is 5.91 Å². The monoisotopic (exact) mass is 338 g/mol. The molecule has 0 radical (unpaired) electrons. The number of aromatic nitrogens is 2. The number of carbonyl (C=O) groups is 2. The molecule has 1 saturated heterocycles. The molecule has 130 valence electrons. The Hall–Kier alpha value is -2.50.